The number of rotatable bonds is 2. The number of diazo groups is 1. The number of aliphatic hydroxyl groups excluding tert-OH is 1. The van der Waals surface area contributed by atoms with Gasteiger partial charge >= 0.3 is 6.20 Å². The molecule has 2 rings (SSSR count). The zero-order valence-corrected chi connectivity index (χ0v) is 8.84. The molecule has 1 N–H and O–H groups in total. The summed E-state index contributed by atoms with van der Waals surface area (Å²) in [6, 6.07) is 8.11. The first kappa shape index (κ1) is 10.7. The summed E-state index contributed by atoms with van der Waals surface area (Å²) in [5.41, 5.74) is 2.46. The second-order valence-corrected chi connectivity index (χ2v) is 3.85. The van der Waals surface area contributed by atoms with Crippen LogP contribution in [-0.4, -0.2) is 11.2 Å². The molecule has 0 fully saturated rings. The molecular weight excluding hydrogens is 204 g/mol. The molecule has 0 saturated carbocycles. The van der Waals surface area contributed by atoms with Crippen molar-refractivity contribution in [1.82, 2.24) is 0 Å². The van der Waals surface area contributed by atoms with Crippen molar-refractivity contribution in [3.05, 3.63) is 52.3 Å². The van der Waals surface area contributed by atoms with Crippen LogP contribution in [0.1, 0.15) is 17.5 Å². The summed E-state index contributed by atoms with van der Waals surface area (Å²) < 4.78 is 5.60. The minimum Gasteiger partial charge on any atom is -0.505 e. The SMILES string of the molecule is N#[N+]/C=C(\O)CC1Cc2ccccc2CO1. The maximum absolute atomic E-state index is 9.38. The Hall–Kier alpha value is -1.86. The van der Waals surface area contributed by atoms with E-state index in [9.17, 15) is 5.11 Å². The van der Waals surface area contributed by atoms with Crippen molar-refractivity contribution in [2.45, 2.75) is 25.6 Å². The van der Waals surface area contributed by atoms with Gasteiger partial charge < -0.3 is 9.84 Å². The summed E-state index contributed by atoms with van der Waals surface area (Å²) >= 11 is 0. The number of hydrogen-bond acceptors (Lipinski definition) is 3. The summed E-state index contributed by atoms with van der Waals surface area (Å²) in [6.45, 7) is 0.574. The van der Waals surface area contributed by atoms with Crippen LogP contribution in [0.15, 0.2) is 36.2 Å². The van der Waals surface area contributed by atoms with E-state index in [0.29, 0.717) is 13.0 Å². The lowest BCUT2D eigenvalue weighted by Gasteiger charge is -2.24. The van der Waals surface area contributed by atoms with Gasteiger partial charge in [-0.05, 0) is 17.5 Å². The average molecular weight is 217 g/mol. The zero-order chi connectivity index (χ0) is 11.4. The van der Waals surface area contributed by atoms with Gasteiger partial charge in [0.25, 0.3) is 0 Å². The van der Waals surface area contributed by atoms with Gasteiger partial charge in [0.05, 0.1) is 12.7 Å². The Morgan fingerprint density at radius 3 is 3.00 bits per heavy atom. The third-order valence-electron chi connectivity index (χ3n) is 2.68. The molecule has 4 nitrogen and oxygen atoms in total. The minimum atomic E-state index is -0.0482. The fourth-order valence-electron chi connectivity index (χ4n) is 1.89. The van der Waals surface area contributed by atoms with Gasteiger partial charge in [0.2, 0.25) is 5.39 Å². The van der Waals surface area contributed by atoms with Crippen LogP contribution in [0.3, 0.4) is 0 Å². The van der Waals surface area contributed by atoms with E-state index in [0.717, 1.165) is 12.6 Å². The molecule has 0 bridgehead atoms. The topological polar surface area (TPSA) is 57.6 Å². The van der Waals surface area contributed by atoms with Crippen LogP contribution in [0.25, 0.3) is 4.98 Å². The van der Waals surface area contributed by atoms with Crippen LogP contribution in [0, 0.1) is 5.39 Å². The number of nitrogens with zero attached hydrogens (tertiary/aromatic N) is 2. The lowest BCUT2D eigenvalue weighted by Crippen LogP contribution is -2.22. The molecule has 82 valence electrons. The quantitative estimate of drug-likeness (QED) is 0.612. The standard InChI is InChI=1S/C12H12N2O2/c13-14-7-11(15)6-12-5-9-3-1-2-4-10(9)8-16-12/h1-4,7,12H,5-6,8H2/p+1/b11-7-. The maximum atomic E-state index is 9.38. The van der Waals surface area contributed by atoms with Gasteiger partial charge in [0, 0.05) is 6.42 Å². The van der Waals surface area contributed by atoms with Gasteiger partial charge in [-0.2, -0.15) is 0 Å². The van der Waals surface area contributed by atoms with Gasteiger partial charge in [-0.15, -0.1) is 0 Å². The zero-order valence-electron chi connectivity index (χ0n) is 8.84. The lowest BCUT2D eigenvalue weighted by molar-refractivity contribution is 0.0230. The predicted octanol–water partition coefficient (Wildman–Crippen LogP) is 2.77. The normalized spacial score (nSPS) is 19.9. The molecule has 1 aromatic carbocycles. The molecule has 1 heterocycles. The van der Waals surface area contributed by atoms with Crippen LogP contribution in [0.2, 0.25) is 0 Å². The number of ether oxygens (including phenoxy) is 1. The molecule has 1 atom stereocenters. The fraction of sp³-hybridized carbons (Fsp3) is 0.333. The van der Waals surface area contributed by atoms with E-state index in [4.69, 9.17) is 10.1 Å². The smallest absolute Gasteiger partial charge is 0.387 e. The number of aliphatic hydroxyl groups is 1. The molecule has 16 heavy (non-hydrogen) atoms. The van der Waals surface area contributed by atoms with Crippen molar-refractivity contribution in [2.24, 2.45) is 0 Å². The van der Waals surface area contributed by atoms with Crippen molar-refractivity contribution in [1.29, 1.82) is 5.39 Å². The first-order valence-corrected chi connectivity index (χ1v) is 5.20. The van der Waals surface area contributed by atoms with Crippen LogP contribution in [0.4, 0.5) is 0 Å². The van der Waals surface area contributed by atoms with Gasteiger partial charge in [0.1, 0.15) is 0 Å². The van der Waals surface area contributed by atoms with Crippen LogP contribution in [0.5, 0.6) is 0 Å². The van der Waals surface area contributed by atoms with Crippen LogP contribution < -0.4 is 0 Å². The van der Waals surface area contributed by atoms with Gasteiger partial charge in [0.15, 0.2) is 10.7 Å². The summed E-state index contributed by atoms with van der Waals surface area (Å²) in [6.07, 6.45) is 2.13. The average Bonchev–Trinajstić information content (AvgIpc) is 2.29. The highest BCUT2D eigenvalue weighted by Crippen LogP contribution is 2.23. The molecule has 0 spiro atoms. The Bertz CT molecular complexity index is 449. The molecule has 0 aliphatic carbocycles. The van der Waals surface area contributed by atoms with E-state index in [1.807, 2.05) is 18.2 Å². The summed E-state index contributed by atoms with van der Waals surface area (Å²) in [5, 5.41) is 17.6. The third-order valence-corrected chi connectivity index (χ3v) is 2.68. The van der Waals surface area contributed by atoms with E-state index >= 15 is 0 Å². The predicted molar refractivity (Wildman–Crippen MR) is 59.1 cm³/mol. The van der Waals surface area contributed by atoms with Gasteiger partial charge in [-0.3, -0.25) is 0 Å². The number of benzene rings is 1. The first-order chi connectivity index (χ1) is 7.79. The van der Waals surface area contributed by atoms with Crippen molar-refractivity contribution in [2.75, 3.05) is 0 Å². The van der Waals surface area contributed by atoms with Crippen molar-refractivity contribution in [3.63, 3.8) is 0 Å². The Labute approximate surface area is 93.8 Å². The molecular formula is C12H13N2O2+. The summed E-state index contributed by atoms with van der Waals surface area (Å²) in [7, 11) is 0. The van der Waals surface area contributed by atoms with Crippen LogP contribution >= 0.6 is 0 Å². The molecule has 1 aromatic rings. The molecule has 0 saturated heterocycles. The van der Waals surface area contributed by atoms with E-state index in [2.05, 4.69) is 11.0 Å². The summed E-state index contributed by atoms with van der Waals surface area (Å²) in [5.74, 6) is 0.0341. The fourth-order valence-corrected chi connectivity index (χ4v) is 1.89. The van der Waals surface area contributed by atoms with Crippen molar-refractivity contribution >= 4 is 0 Å². The lowest BCUT2D eigenvalue weighted by atomic mass is 9.97. The highest BCUT2D eigenvalue weighted by atomic mass is 16.5. The number of fused-ring (bicyclic) bond motifs is 1. The summed E-state index contributed by atoms with van der Waals surface area (Å²) in [4.78, 5) is 2.78. The Balaban J connectivity index is 2.04. The van der Waals surface area contributed by atoms with Gasteiger partial charge in [-0.25, -0.2) is 0 Å². The Morgan fingerprint density at radius 1 is 1.50 bits per heavy atom. The van der Waals surface area contributed by atoms with E-state index in [1.165, 1.54) is 11.1 Å². The minimum absolute atomic E-state index is 0.0341. The van der Waals surface area contributed by atoms with E-state index in [1.54, 1.807) is 0 Å². The Morgan fingerprint density at radius 2 is 2.25 bits per heavy atom. The molecule has 0 radical (unpaired) electrons. The van der Waals surface area contributed by atoms with E-state index < -0.39 is 0 Å². The largest absolute Gasteiger partial charge is 0.505 e. The molecule has 4 heteroatoms. The monoisotopic (exact) mass is 217 g/mol. The van der Waals surface area contributed by atoms with Gasteiger partial charge in [-0.1, -0.05) is 24.3 Å². The molecule has 0 aromatic heterocycles. The molecule has 0 amide bonds. The number of hydrogen-bond donors (Lipinski definition) is 1. The second kappa shape index (κ2) is 4.77. The first-order valence-electron chi connectivity index (χ1n) is 5.20. The second-order valence-electron chi connectivity index (χ2n) is 3.85. The third kappa shape index (κ3) is 2.38. The molecule has 1 unspecified atom stereocenters. The van der Waals surface area contributed by atoms with E-state index in [-0.39, 0.29) is 11.9 Å². The highest BCUT2D eigenvalue weighted by molar-refractivity contribution is 5.28. The van der Waals surface area contributed by atoms with Crippen molar-refractivity contribution < 1.29 is 9.84 Å². The molecule has 1 aliphatic rings. The van der Waals surface area contributed by atoms with Crippen molar-refractivity contribution in [3.8, 4) is 0 Å². The molecule has 1 aliphatic heterocycles. The maximum Gasteiger partial charge on any atom is 0.387 e. The highest BCUT2D eigenvalue weighted by Gasteiger charge is 2.20. The van der Waals surface area contributed by atoms with Crippen LogP contribution in [-0.2, 0) is 17.8 Å². The Kier molecular flexibility index (Phi) is 3.18.